The van der Waals surface area contributed by atoms with Crippen LogP contribution < -0.4 is 0 Å². The first-order chi connectivity index (χ1) is 11.6. The van der Waals surface area contributed by atoms with Crippen LogP contribution in [0, 0.1) is 13.8 Å². The average molecular weight is 387 g/mol. The highest BCUT2D eigenvalue weighted by Crippen LogP contribution is 2.34. The van der Waals surface area contributed by atoms with Crippen molar-refractivity contribution in [3.8, 4) is 0 Å². The minimum absolute atomic E-state index is 0.294. The van der Waals surface area contributed by atoms with Gasteiger partial charge in [0.25, 0.3) is 0 Å². The van der Waals surface area contributed by atoms with Crippen LogP contribution in [-0.2, 0) is 19.6 Å². The molecule has 3 aromatic rings. The van der Waals surface area contributed by atoms with Gasteiger partial charge in [0.2, 0.25) is 0 Å². The Morgan fingerprint density at radius 3 is 2.40 bits per heavy atom. The predicted octanol–water partition coefficient (Wildman–Crippen LogP) is 6.11. The number of alkyl halides is 3. The largest absolute Gasteiger partial charge is 0.433 e. The Morgan fingerprint density at radius 1 is 1.08 bits per heavy atom. The lowest BCUT2D eigenvalue weighted by molar-refractivity contribution is -0.141. The van der Waals surface area contributed by atoms with Crippen LogP contribution in [0.1, 0.15) is 28.1 Å². The first-order valence-electron chi connectivity index (χ1n) is 7.56. The molecule has 0 amide bonds. The third-order valence-corrected chi connectivity index (χ3v) is 5.21. The maximum absolute atomic E-state index is 13.0. The zero-order chi connectivity index (χ0) is 18.5. The number of halogens is 5. The Hall–Kier alpha value is -1.72. The summed E-state index contributed by atoms with van der Waals surface area (Å²) in [4.78, 5) is 3.80. The third kappa shape index (κ3) is 3.23. The van der Waals surface area contributed by atoms with Crippen molar-refractivity contribution in [1.29, 1.82) is 0 Å². The van der Waals surface area contributed by atoms with E-state index in [4.69, 9.17) is 23.2 Å². The third-order valence-electron chi connectivity index (χ3n) is 4.33. The van der Waals surface area contributed by atoms with E-state index in [0.717, 1.165) is 22.9 Å². The summed E-state index contributed by atoms with van der Waals surface area (Å²) in [6.45, 7) is 3.53. The second kappa shape index (κ2) is 6.22. The topological polar surface area (TPSA) is 17.8 Å². The number of hydrogen-bond acceptors (Lipinski definition) is 1. The van der Waals surface area contributed by atoms with Crippen molar-refractivity contribution in [2.45, 2.75) is 26.4 Å². The molecule has 0 N–H and O–H groups in total. The van der Waals surface area contributed by atoms with E-state index in [9.17, 15) is 13.2 Å². The van der Waals surface area contributed by atoms with Crippen LogP contribution in [-0.4, -0.2) is 9.55 Å². The van der Waals surface area contributed by atoms with Crippen molar-refractivity contribution in [2.24, 2.45) is 7.05 Å². The van der Waals surface area contributed by atoms with Gasteiger partial charge in [0, 0.05) is 34.6 Å². The van der Waals surface area contributed by atoms with E-state index in [0.29, 0.717) is 33.1 Å². The highest BCUT2D eigenvalue weighted by Gasteiger charge is 2.33. The molecule has 25 heavy (non-hydrogen) atoms. The molecule has 3 rings (SSSR count). The average Bonchev–Trinajstić information content (AvgIpc) is 2.84. The fourth-order valence-corrected chi connectivity index (χ4v) is 3.38. The van der Waals surface area contributed by atoms with Crippen molar-refractivity contribution in [1.82, 2.24) is 9.55 Å². The maximum Gasteiger partial charge on any atom is 0.433 e. The van der Waals surface area contributed by atoms with Crippen LogP contribution in [0.3, 0.4) is 0 Å². The minimum Gasteiger partial charge on any atom is -0.332 e. The van der Waals surface area contributed by atoms with Gasteiger partial charge in [0.05, 0.1) is 0 Å². The molecular weight excluding hydrogens is 372 g/mol. The molecule has 0 unspecified atom stereocenters. The number of aryl methyl sites for hydroxylation is 3. The maximum atomic E-state index is 13.0. The van der Waals surface area contributed by atoms with E-state index < -0.39 is 11.9 Å². The lowest BCUT2D eigenvalue weighted by atomic mass is 10.1. The minimum atomic E-state index is -4.48. The smallest absolute Gasteiger partial charge is 0.332 e. The van der Waals surface area contributed by atoms with Crippen LogP contribution in [0.25, 0.3) is 11.0 Å². The SMILES string of the molecule is Cc1ccc(Cl)c(Cc2cc3c(C)cc(C(F)(F)F)nc3n2C)c1Cl. The number of pyridine rings is 1. The monoisotopic (exact) mass is 386 g/mol. The van der Waals surface area contributed by atoms with Crippen molar-refractivity contribution in [3.05, 3.63) is 62.4 Å². The number of rotatable bonds is 2. The van der Waals surface area contributed by atoms with Gasteiger partial charge in [-0.2, -0.15) is 13.2 Å². The van der Waals surface area contributed by atoms with E-state index in [1.165, 1.54) is 0 Å². The molecule has 0 spiro atoms. The van der Waals surface area contributed by atoms with Crippen molar-refractivity contribution < 1.29 is 13.2 Å². The number of fused-ring (bicyclic) bond motifs is 1. The van der Waals surface area contributed by atoms with Gasteiger partial charge in [-0.1, -0.05) is 29.3 Å². The number of hydrogen-bond donors (Lipinski definition) is 0. The van der Waals surface area contributed by atoms with Crippen molar-refractivity contribution in [2.75, 3.05) is 0 Å². The number of aromatic nitrogens is 2. The molecule has 0 radical (unpaired) electrons. The Balaban J connectivity index is 2.15. The van der Waals surface area contributed by atoms with Gasteiger partial charge in [0.1, 0.15) is 11.3 Å². The zero-order valence-electron chi connectivity index (χ0n) is 13.8. The summed E-state index contributed by atoms with van der Waals surface area (Å²) < 4.78 is 40.7. The Kier molecular flexibility index (Phi) is 4.50. The van der Waals surface area contributed by atoms with Crippen LogP contribution in [0.15, 0.2) is 24.3 Å². The molecule has 0 aliphatic heterocycles. The zero-order valence-corrected chi connectivity index (χ0v) is 15.3. The summed E-state index contributed by atoms with van der Waals surface area (Å²) in [7, 11) is 1.70. The molecular formula is C18H15Cl2F3N2. The molecule has 2 heterocycles. The van der Waals surface area contributed by atoms with E-state index >= 15 is 0 Å². The molecule has 2 aromatic heterocycles. The van der Waals surface area contributed by atoms with Gasteiger partial charge < -0.3 is 4.57 Å². The van der Waals surface area contributed by atoms with Crippen LogP contribution >= 0.6 is 23.2 Å². The molecule has 0 aliphatic rings. The molecule has 1 aromatic carbocycles. The molecule has 0 saturated heterocycles. The second-order valence-corrected chi connectivity index (χ2v) is 6.87. The number of benzene rings is 1. The molecule has 0 fully saturated rings. The quantitative estimate of drug-likeness (QED) is 0.519. The molecule has 0 aliphatic carbocycles. The van der Waals surface area contributed by atoms with E-state index in [1.807, 2.05) is 19.1 Å². The molecule has 0 bridgehead atoms. The molecule has 0 atom stereocenters. The highest BCUT2D eigenvalue weighted by atomic mass is 35.5. The lowest BCUT2D eigenvalue weighted by Crippen LogP contribution is -2.09. The fourth-order valence-electron chi connectivity index (χ4n) is 2.87. The Bertz CT molecular complexity index is 975. The summed E-state index contributed by atoms with van der Waals surface area (Å²) in [6, 6.07) is 6.51. The number of nitrogens with zero attached hydrogens (tertiary/aromatic N) is 2. The first kappa shape index (κ1) is 18.1. The second-order valence-electron chi connectivity index (χ2n) is 6.09. The molecule has 132 valence electrons. The van der Waals surface area contributed by atoms with Crippen LogP contribution in [0.4, 0.5) is 13.2 Å². The summed E-state index contributed by atoms with van der Waals surface area (Å²) in [5.41, 5.74) is 2.37. The summed E-state index contributed by atoms with van der Waals surface area (Å²) >= 11 is 12.6. The van der Waals surface area contributed by atoms with Crippen LogP contribution in [0.2, 0.25) is 10.0 Å². The first-order valence-corrected chi connectivity index (χ1v) is 8.31. The normalized spacial score (nSPS) is 12.2. The van der Waals surface area contributed by atoms with Gasteiger partial charge in [-0.25, -0.2) is 4.98 Å². The van der Waals surface area contributed by atoms with Crippen molar-refractivity contribution >= 4 is 34.2 Å². The lowest BCUT2D eigenvalue weighted by Gasteiger charge is -2.11. The van der Waals surface area contributed by atoms with Gasteiger partial charge in [-0.3, -0.25) is 0 Å². The summed E-state index contributed by atoms with van der Waals surface area (Å²) in [5.74, 6) is 0. The fraction of sp³-hybridized carbons (Fsp3) is 0.278. The van der Waals surface area contributed by atoms with E-state index in [2.05, 4.69) is 4.98 Å². The van der Waals surface area contributed by atoms with Gasteiger partial charge in [0.15, 0.2) is 0 Å². The van der Waals surface area contributed by atoms with Crippen LogP contribution in [0.5, 0.6) is 0 Å². The standard InChI is InChI=1S/C18H15Cl2F3N2/c1-9-4-5-14(19)13(16(9)20)8-11-7-12-10(2)6-15(18(21,22)23)24-17(12)25(11)3/h4-7H,8H2,1-3H3. The molecule has 0 saturated carbocycles. The van der Waals surface area contributed by atoms with Crippen molar-refractivity contribution in [3.63, 3.8) is 0 Å². The Morgan fingerprint density at radius 2 is 1.76 bits per heavy atom. The predicted molar refractivity (Wildman–Crippen MR) is 94.5 cm³/mol. The summed E-state index contributed by atoms with van der Waals surface area (Å²) in [6.07, 6.45) is -4.07. The van der Waals surface area contributed by atoms with E-state index in [-0.39, 0.29) is 0 Å². The van der Waals surface area contributed by atoms with Gasteiger partial charge in [-0.15, -0.1) is 0 Å². The Labute approximate surface area is 153 Å². The van der Waals surface area contributed by atoms with Gasteiger partial charge in [-0.05, 0) is 48.7 Å². The highest BCUT2D eigenvalue weighted by molar-refractivity contribution is 6.36. The summed E-state index contributed by atoms with van der Waals surface area (Å²) in [5, 5.41) is 1.78. The molecule has 7 heteroatoms. The van der Waals surface area contributed by atoms with E-state index in [1.54, 1.807) is 24.6 Å². The van der Waals surface area contributed by atoms with Gasteiger partial charge >= 0.3 is 6.18 Å². The molecule has 2 nitrogen and oxygen atoms in total.